The summed E-state index contributed by atoms with van der Waals surface area (Å²) in [5.41, 5.74) is 8.95. The first-order chi connectivity index (χ1) is 14.7. The number of carbonyl (C=O) groups excluding carboxylic acids is 1. The normalized spacial score (nSPS) is 10.3. The maximum absolute atomic E-state index is 12.4. The number of hydrazine groups is 1. The minimum absolute atomic E-state index is 0.190. The van der Waals surface area contributed by atoms with Gasteiger partial charge < -0.3 is 4.74 Å². The van der Waals surface area contributed by atoms with Crippen molar-refractivity contribution in [1.29, 1.82) is 0 Å². The summed E-state index contributed by atoms with van der Waals surface area (Å²) in [5, 5.41) is 8.48. The Balaban J connectivity index is 1.59. The average Bonchev–Trinajstić information content (AvgIpc) is 2.83. The van der Waals surface area contributed by atoms with Crippen molar-refractivity contribution in [1.82, 2.24) is 20.6 Å². The molecule has 3 aromatic carbocycles. The van der Waals surface area contributed by atoms with E-state index in [4.69, 9.17) is 4.74 Å². The first kappa shape index (κ1) is 19.1. The Morgan fingerprint density at radius 2 is 1.37 bits per heavy atom. The van der Waals surface area contributed by atoms with E-state index in [1.54, 1.807) is 31.4 Å². The molecule has 30 heavy (non-hydrogen) atoms. The van der Waals surface area contributed by atoms with Crippen LogP contribution in [-0.2, 0) is 0 Å². The van der Waals surface area contributed by atoms with E-state index >= 15 is 0 Å². The lowest BCUT2D eigenvalue weighted by atomic mass is 10.0. The number of hydrogen-bond acceptors (Lipinski definition) is 6. The number of carbonyl (C=O) groups is 1. The highest BCUT2D eigenvalue weighted by Crippen LogP contribution is 2.28. The molecular weight excluding hydrogens is 378 g/mol. The van der Waals surface area contributed by atoms with Gasteiger partial charge in [0.25, 0.3) is 11.9 Å². The summed E-state index contributed by atoms with van der Waals surface area (Å²) in [6.45, 7) is 0. The average molecular weight is 397 g/mol. The van der Waals surface area contributed by atoms with E-state index in [1.807, 2.05) is 60.7 Å². The molecule has 0 spiro atoms. The molecule has 0 aliphatic rings. The third kappa shape index (κ3) is 4.25. The van der Waals surface area contributed by atoms with Crippen LogP contribution in [0.4, 0.5) is 5.95 Å². The van der Waals surface area contributed by atoms with Gasteiger partial charge in [0, 0.05) is 16.7 Å². The Kier molecular flexibility index (Phi) is 5.61. The van der Waals surface area contributed by atoms with Gasteiger partial charge in [0.05, 0.1) is 7.11 Å². The molecule has 4 aromatic rings. The molecule has 7 nitrogen and oxygen atoms in total. The second-order valence-corrected chi connectivity index (χ2v) is 6.37. The van der Waals surface area contributed by atoms with Crippen LogP contribution in [0.2, 0.25) is 0 Å². The molecule has 1 heterocycles. The second kappa shape index (κ2) is 8.83. The first-order valence-electron chi connectivity index (χ1n) is 9.30. The molecule has 0 unspecified atom stereocenters. The number of rotatable bonds is 6. The van der Waals surface area contributed by atoms with Gasteiger partial charge in [-0.1, -0.05) is 60.7 Å². The lowest BCUT2D eigenvalue weighted by Gasteiger charge is -2.11. The smallest absolute Gasteiger partial charge is 0.269 e. The molecule has 4 rings (SSSR count). The van der Waals surface area contributed by atoms with Crippen LogP contribution in [0.1, 0.15) is 10.4 Å². The van der Waals surface area contributed by atoms with Crippen molar-refractivity contribution in [2.45, 2.75) is 0 Å². The van der Waals surface area contributed by atoms with Gasteiger partial charge in [0.1, 0.15) is 17.1 Å². The highest BCUT2D eigenvalue weighted by atomic mass is 16.5. The lowest BCUT2D eigenvalue weighted by molar-refractivity contribution is 0.0962. The number of nitrogens with zero attached hydrogens (tertiary/aromatic N) is 3. The largest absolute Gasteiger partial charge is 0.497 e. The van der Waals surface area contributed by atoms with E-state index in [0.29, 0.717) is 22.7 Å². The molecule has 0 atom stereocenters. The number of aromatic nitrogens is 3. The number of amides is 1. The van der Waals surface area contributed by atoms with Crippen LogP contribution in [0.25, 0.3) is 22.5 Å². The molecular formula is C23H19N5O2. The topological polar surface area (TPSA) is 89.0 Å². The zero-order chi connectivity index (χ0) is 20.8. The molecule has 7 heteroatoms. The zero-order valence-electron chi connectivity index (χ0n) is 16.2. The van der Waals surface area contributed by atoms with Crippen molar-refractivity contribution >= 4 is 11.9 Å². The van der Waals surface area contributed by atoms with Crippen LogP contribution in [-0.4, -0.2) is 28.2 Å². The summed E-state index contributed by atoms with van der Waals surface area (Å²) in [6.07, 6.45) is 0. The summed E-state index contributed by atoms with van der Waals surface area (Å²) >= 11 is 0. The highest BCUT2D eigenvalue weighted by molar-refractivity contribution is 5.94. The first-order valence-corrected chi connectivity index (χ1v) is 9.30. The molecule has 148 valence electrons. The molecule has 0 bridgehead atoms. The maximum atomic E-state index is 12.4. The summed E-state index contributed by atoms with van der Waals surface area (Å²) in [7, 11) is 1.57. The zero-order valence-corrected chi connectivity index (χ0v) is 16.2. The Hall–Kier alpha value is -4.26. The number of ether oxygens (including phenoxy) is 1. The standard InChI is InChI=1S/C23H19N5O2/c1-30-19-14-12-18(13-15-19)22(29)26-28-23-24-20(16-8-4-2-5-9-16)21(25-27-23)17-10-6-3-7-11-17/h2-15H,1H3,(H,26,29)(H,24,27,28). The number of nitrogens with one attached hydrogen (secondary N) is 2. The van der Waals surface area contributed by atoms with Crippen molar-refractivity contribution in [3.63, 3.8) is 0 Å². The van der Waals surface area contributed by atoms with Crippen LogP contribution in [0.15, 0.2) is 84.9 Å². The Bertz CT molecular complexity index is 1130. The van der Waals surface area contributed by atoms with Crippen molar-refractivity contribution < 1.29 is 9.53 Å². The van der Waals surface area contributed by atoms with Crippen LogP contribution < -0.4 is 15.6 Å². The van der Waals surface area contributed by atoms with E-state index < -0.39 is 0 Å². The molecule has 0 radical (unpaired) electrons. The van der Waals surface area contributed by atoms with Gasteiger partial charge in [-0.05, 0) is 24.3 Å². The summed E-state index contributed by atoms with van der Waals surface area (Å²) in [5.74, 6) is 0.543. The van der Waals surface area contributed by atoms with E-state index in [1.165, 1.54) is 0 Å². The number of hydrogen-bond donors (Lipinski definition) is 2. The fourth-order valence-corrected chi connectivity index (χ4v) is 2.89. The number of methoxy groups -OCH3 is 1. The van der Waals surface area contributed by atoms with Gasteiger partial charge in [0.2, 0.25) is 0 Å². The van der Waals surface area contributed by atoms with Gasteiger partial charge in [-0.15, -0.1) is 10.2 Å². The fourth-order valence-electron chi connectivity index (χ4n) is 2.89. The van der Waals surface area contributed by atoms with Gasteiger partial charge in [-0.3, -0.25) is 15.6 Å². The molecule has 1 amide bonds. The summed E-state index contributed by atoms with van der Waals surface area (Å²) in [4.78, 5) is 17.0. The highest BCUT2D eigenvalue weighted by Gasteiger charge is 2.14. The Morgan fingerprint density at radius 3 is 1.97 bits per heavy atom. The van der Waals surface area contributed by atoms with Gasteiger partial charge in [0.15, 0.2) is 0 Å². The lowest BCUT2D eigenvalue weighted by Crippen LogP contribution is -2.30. The van der Waals surface area contributed by atoms with Crippen LogP contribution in [0, 0.1) is 0 Å². The van der Waals surface area contributed by atoms with Crippen molar-refractivity contribution in [2.75, 3.05) is 12.5 Å². The fraction of sp³-hybridized carbons (Fsp3) is 0.0435. The van der Waals surface area contributed by atoms with Crippen molar-refractivity contribution in [2.24, 2.45) is 0 Å². The minimum atomic E-state index is -0.324. The van der Waals surface area contributed by atoms with Gasteiger partial charge in [-0.2, -0.15) is 0 Å². The minimum Gasteiger partial charge on any atom is -0.497 e. The summed E-state index contributed by atoms with van der Waals surface area (Å²) in [6, 6.07) is 26.2. The molecule has 0 saturated heterocycles. The maximum Gasteiger partial charge on any atom is 0.269 e. The Labute approximate surface area is 173 Å². The van der Waals surface area contributed by atoms with E-state index in [2.05, 4.69) is 26.0 Å². The third-order valence-electron chi connectivity index (χ3n) is 4.42. The molecule has 0 saturated carbocycles. The van der Waals surface area contributed by atoms with Crippen LogP contribution in [0.5, 0.6) is 5.75 Å². The van der Waals surface area contributed by atoms with E-state index in [0.717, 1.165) is 11.1 Å². The molecule has 2 N–H and O–H groups in total. The molecule has 1 aromatic heterocycles. The second-order valence-electron chi connectivity index (χ2n) is 6.37. The van der Waals surface area contributed by atoms with Gasteiger partial charge >= 0.3 is 0 Å². The van der Waals surface area contributed by atoms with E-state index in [9.17, 15) is 4.79 Å². The Morgan fingerprint density at radius 1 is 0.767 bits per heavy atom. The number of anilines is 1. The van der Waals surface area contributed by atoms with E-state index in [-0.39, 0.29) is 11.9 Å². The summed E-state index contributed by atoms with van der Waals surface area (Å²) < 4.78 is 5.11. The van der Waals surface area contributed by atoms with Gasteiger partial charge in [-0.25, -0.2) is 4.98 Å². The van der Waals surface area contributed by atoms with Crippen molar-refractivity contribution in [3.05, 3.63) is 90.5 Å². The van der Waals surface area contributed by atoms with Crippen LogP contribution in [0.3, 0.4) is 0 Å². The van der Waals surface area contributed by atoms with Crippen molar-refractivity contribution in [3.8, 4) is 28.3 Å². The quantitative estimate of drug-likeness (QED) is 0.479. The monoisotopic (exact) mass is 397 g/mol. The predicted molar refractivity (Wildman–Crippen MR) is 115 cm³/mol. The predicted octanol–water partition coefficient (Wildman–Crippen LogP) is 3.97. The molecule has 0 aliphatic carbocycles. The SMILES string of the molecule is COc1ccc(C(=O)NNc2nnc(-c3ccccc3)c(-c3ccccc3)n2)cc1. The number of benzene rings is 3. The van der Waals surface area contributed by atoms with Crippen LogP contribution >= 0.6 is 0 Å². The molecule has 0 aliphatic heterocycles. The third-order valence-corrected chi connectivity index (χ3v) is 4.42. The molecule has 0 fully saturated rings.